The number of aromatic nitrogens is 1. The van der Waals surface area contributed by atoms with Crippen LogP contribution in [0.5, 0.6) is 0 Å². The van der Waals surface area contributed by atoms with E-state index in [2.05, 4.69) is 15.0 Å². The van der Waals surface area contributed by atoms with Crippen molar-refractivity contribution in [3.05, 3.63) is 59.8 Å². The number of hydrogen-bond donors (Lipinski definition) is 1. The molecule has 0 bridgehead atoms. The second-order valence-corrected chi connectivity index (χ2v) is 4.14. The molecule has 1 aromatic heterocycles. The fourth-order valence-corrected chi connectivity index (χ4v) is 1.67. The van der Waals surface area contributed by atoms with E-state index in [0.717, 1.165) is 16.9 Å². The van der Waals surface area contributed by atoms with Gasteiger partial charge in [-0.15, -0.1) is 0 Å². The number of carbonyl (C=O) groups excluding carboxylic acids is 1. The highest BCUT2D eigenvalue weighted by Gasteiger charge is 2.02. The van der Waals surface area contributed by atoms with Crippen LogP contribution in [-0.2, 0) is 22.5 Å². The van der Waals surface area contributed by atoms with E-state index in [-0.39, 0.29) is 5.97 Å². The molecule has 1 N–H and O–H groups in total. The Morgan fingerprint density at radius 3 is 2.53 bits per heavy atom. The van der Waals surface area contributed by atoms with E-state index >= 15 is 0 Å². The molecule has 0 aliphatic heterocycles. The number of methoxy groups -OCH3 is 1. The van der Waals surface area contributed by atoms with E-state index in [1.54, 1.807) is 6.20 Å². The number of anilines is 1. The summed E-state index contributed by atoms with van der Waals surface area (Å²) in [5.74, 6) is 0.625. The Morgan fingerprint density at radius 1 is 1.16 bits per heavy atom. The minimum Gasteiger partial charge on any atom is -0.469 e. The number of rotatable bonds is 5. The first kappa shape index (κ1) is 13.1. The van der Waals surface area contributed by atoms with Gasteiger partial charge in [0.15, 0.2) is 0 Å². The Balaban J connectivity index is 1.90. The van der Waals surface area contributed by atoms with E-state index in [1.165, 1.54) is 7.11 Å². The third kappa shape index (κ3) is 4.10. The van der Waals surface area contributed by atoms with Crippen molar-refractivity contribution in [1.82, 2.24) is 4.98 Å². The zero-order chi connectivity index (χ0) is 13.5. The normalized spacial score (nSPS) is 9.95. The average molecular weight is 256 g/mol. The highest BCUT2D eigenvalue weighted by molar-refractivity contribution is 5.72. The zero-order valence-corrected chi connectivity index (χ0v) is 10.8. The van der Waals surface area contributed by atoms with Crippen molar-refractivity contribution in [2.75, 3.05) is 12.4 Å². The van der Waals surface area contributed by atoms with Crippen molar-refractivity contribution in [2.45, 2.75) is 13.0 Å². The van der Waals surface area contributed by atoms with Gasteiger partial charge in [0.2, 0.25) is 0 Å². The van der Waals surface area contributed by atoms with Gasteiger partial charge in [-0.3, -0.25) is 4.79 Å². The molecular weight excluding hydrogens is 240 g/mol. The maximum absolute atomic E-state index is 11.1. The number of esters is 1. The van der Waals surface area contributed by atoms with Gasteiger partial charge in [-0.1, -0.05) is 30.3 Å². The number of nitrogens with one attached hydrogen (secondary N) is 1. The molecule has 0 aliphatic rings. The standard InChI is InChI=1S/C15H16N2O2/c1-19-15(18)10-12-5-7-13(8-6-12)11-17-14-4-2-3-9-16-14/h2-9H,10-11H2,1H3,(H,16,17). The second-order valence-electron chi connectivity index (χ2n) is 4.14. The molecule has 0 fully saturated rings. The molecule has 0 atom stereocenters. The Bertz CT molecular complexity index is 524. The largest absolute Gasteiger partial charge is 0.469 e. The van der Waals surface area contributed by atoms with Crippen LogP contribution in [0.4, 0.5) is 5.82 Å². The maximum atomic E-state index is 11.1. The molecule has 0 amide bonds. The Labute approximate surface area is 112 Å². The highest BCUT2D eigenvalue weighted by atomic mass is 16.5. The summed E-state index contributed by atoms with van der Waals surface area (Å²) in [6.07, 6.45) is 2.06. The van der Waals surface area contributed by atoms with Crippen LogP contribution in [0.15, 0.2) is 48.7 Å². The van der Waals surface area contributed by atoms with Crippen LogP contribution < -0.4 is 5.32 Å². The van der Waals surface area contributed by atoms with Gasteiger partial charge in [0.1, 0.15) is 5.82 Å². The second kappa shape index (κ2) is 6.54. The van der Waals surface area contributed by atoms with Gasteiger partial charge in [-0.25, -0.2) is 4.98 Å². The van der Waals surface area contributed by atoms with E-state index in [4.69, 9.17) is 0 Å². The lowest BCUT2D eigenvalue weighted by atomic mass is 10.1. The molecule has 4 heteroatoms. The first-order valence-electron chi connectivity index (χ1n) is 6.07. The number of hydrogen-bond acceptors (Lipinski definition) is 4. The Kier molecular flexibility index (Phi) is 4.50. The average Bonchev–Trinajstić information content (AvgIpc) is 2.47. The van der Waals surface area contributed by atoms with Crippen molar-refractivity contribution in [2.24, 2.45) is 0 Å². The van der Waals surface area contributed by atoms with Crippen molar-refractivity contribution in [3.8, 4) is 0 Å². The van der Waals surface area contributed by atoms with Gasteiger partial charge in [-0.05, 0) is 23.3 Å². The summed E-state index contributed by atoms with van der Waals surface area (Å²) in [4.78, 5) is 15.3. The predicted octanol–water partition coefficient (Wildman–Crippen LogP) is 2.41. The van der Waals surface area contributed by atoms with Crippen LogP contribution >= 0.6 is 0 Å². The first-order valence-corrected chi connectivity index (χ1v) is 6.07. The highest BCUT2D eigenvalue weighted by Crippen LogP contribution is 2.08. The number of ether oxygens (including phenoxy) is 1. The number of nitrogens with zero attached hydrogens (tertiary/aromatic N) is 1. The molecule has 0 saturated heterocycles. The number of benzene rings is 1. The summed E-state index contributed by atoms with van der Waals surface area (Å²) in [5.41, 5.74) is 2.09. The van der Waals surface area contributed by atoms with Crippen molar-refractivity contribution in [3.63, 3.8) is 0 Å². The summed E-state index contributed by atoms with van der Waals surface area (Å²) < 4.78 is 4.63. The van der Waals surface area contributed by atoms with Crippen LogP contribution in [0.3, 0.4) is 0 Å². The van der Waals surface area contributed by atoms with Gasteiger partial charge in [0.05, 0.1) is 13.5 Å². The lowest BCUT2D eigenvalue weighted by Crippen LogP contribution is -2.05. The molecule has 1 aromatic carbocycles. The Hall–Kier alpha value is -2.36. The molecule has 0 aliphatic carbocycles. The quantitative estimate of drug-likeness (QED) is 0.835. The molecule has 2 aromatic rings. The summed E-state index contributed by atoms with van der Waals surface area (Å²) in [5, 5.41) is 3.23. The predicted molar refractivity (Wildman–Crippen MR) is 73.7 cm³/mol. The number of pyridine rings is 1. The van der Waals surface area contributed by atoms with Crippen LogP contribution in [0.1, 0.15) is 11.1 Å². The lowest BCUT2D eigenvalue weighted by molar-refractivity contribution is -0.139. The molecule has 19 heavy (non-hydrogen) atoms. The summed E-state index contributed by atoms with van der Waals surface area (Å²) in [6.45, 7) is 0.704. The van der Waals surface area contributed by atoms with Gasteiger partial charge in [-0.2, -0.15) is 0 Å². The fraction of sp³-hybridized carbons (Fsp3) is 0.200. The summed E-state index contributed by atoms with van der Waals surface area (Å²) >= 11 is 0. The summed E-state index contributed by atoms with van der Waals surface area (Å²) in [7, 11) is 1.40. The molecule has 0 spiro atoms. The molecule has 2 rings (SSSR count). The van der Waals surface area contributed by atoms with Crippen LogP contribution in [0, 0.1) is 0 Å². The first-order chi connectivity index (χ1) is 9.28. The van der Waals surface area contributed by atoms with Crippen molar-refractivity contribution >= 4 is 11.8 Å². The van der Waals surface area contributed by atoms with E-state index in [1.807, 2.05) is 42.5 Å². The molecular formula is C15H16N2O2. The van der Waals surface area contributed by atoms with Gasteiger partial charge >= 0.3 is 5.97 Å². The molecule has 0 unspecified atom stereocenters. The van der Waals surface area contributed by atoms with E-state index < -0.39 is 0 Å². The minimum absolute atomic E-state index is 0.223. The third-order valence-electron chi connectivity index (χ3n) is 2.74. The molecule has 0 radical (unpaired) electrons. The minimum atomic E-state index is -0.223. The molecule has 1 heterocycles. The SMILES string of the molecule is COC(=O)Cc1ccc(CNc2ccccn2)cc1. The molecule has 0 saturated carbocycles. The molecule has 4 nitrogen and oxygen atoms in total. The maximum Gasteiger partial charge on any atom is 0.309 e. The Morgan fingerprint density at radius 2 is 1.89 bits per heavy atom. The fourth-order valence-electron chi connectivity index (χ4n) is 1.67. The van der Waals surface area contributed by atoms with Gasteiger partial charge < -0.3 is 10.1 Å². The lowest BCUT2D eigenvalue weighted by Gasteiger charge is -2.06. The van der Waals surface area contributed by atoms with Crippen LogP contribution in [0.2, 0.25) is 0 Å². The monoisotopic (exact) mass is 256 g/mol. The van der Waals surface area contributed by atoms with Crippen molar-refractivity contribution in [1.29, 1.82) is 0 Å². The van der Waals surface area contributed by atoms with Gasteiger partial charge in [0.25, 0.3) is 0 Å². The van der Waals surface area contributed by atoms with Gasteiger partial charge in [0, 0.05) is 12.7 Å². The van der Waals surface area contributed by atoms with E-state index in [9.17, 15) is 4.79 Å². The zero-order valence-electron chi connectivity index (χ0n) is 10.8. The smallest absolute Gasteiger partial charge is 0.309 e. The number of carbonyl (C=O) groups is 1. The molecule has 98 valence electrons. The van der Waals surface area contributed by atoms with Crippen LogP contribution in [0.25, 0.3) is 0 Å². The van der Waals surface area contributed by atoms with Crippen LogP contribution in [-0.4, -0.2) is 18.1 Å². The summed E-state index contributed by atoms with van der Waals surface area (Å²) in [6, 6.07) is 13.6. The van der Waals surface area contributed by atoms with E-state index in [0.29, 0.717) is 13.0 Å². The third-order valence-corrected chi connectivity index (χ3v) is 2.74. The topological polar surface area (TPSA) is 51.2 Å². The van der Waals surface area contributed by atoms with Crippen molar-refractivity contribution < 1.29 is 9.53 Å².